The molecule has 1 aliphatic rings. The number of carboxylic acids is 1. The van der Waals surface area contributed by atoms with Crippen molar-refractivity contribution in [3.8, 4) is 0 Å². The number of carbonyl (C=O) groups is 1. The number of benzene rings is 1. The van der Waals surface area contributed by atoms with E-state index in [1.807, 2.05) is 36.0 Å². The molecule has 0 bridgehead atoms. The predicted octanol–water partition coefficient (Wildman–Crippen LogP) is 3.26. The number of hydrogen-bond donors (Lipinski definition) is 1. The van der Waals surface area contributed by atoms with E-state index in [1.165, 1.54) is 0 Å². The van der Waals surface area contributed by atoms with E-state index in [-0.39, 0.29) is 5.69 Å². The Morgan fingerprint density at radius 1 is 1.38 bits per heavy atom. The van der Waals surface area contributed by atoms with E-state index in [2.05, 4.69) is 23.7 Å². The van der Waals surface area contributed by atoms with E-state index in [4.69, 9.17) is 0 Å². The summed E-state index contributed by atoms with van der Waals surface area (Å²) in [5.41, 5.74) is 0.113. The van der Waals surface area contributed by atoms with Crippen molar-refractivity contribution >= 4 is 34.3 Å². The number of fused-ring (bicyclic) bond motifs is 1. The highest BCUT2D eigenvalue weighted by Gasteiger charge is 2.28. The van der Waals surface area contributed by atoms with Crippen LogP contribution in [0.4, 0.5) is 5.82 Å². The first-order valence-electron chi connectivity index (χ1n) is 7.09. The lowest BCUT2D eigenvalue weighted by atomic mass is 10.1. The van der Waals surface area contributed by atoms with Gasteiger partial charge in [0.05, 0.1) is 0 Å². The van der Waals surface area contributed by atoms with Crippen molar-refractivity contribution in [3.63, 3.8) is 0 Å². The van der Waals surface area contributed by atoms with Crippen LogP contribution in [0.5, 0.6) is 0 Å². The number of anilines is 1. The number of nitrogens with zero attached hydrogens (tertiary/aromatic N) is 2. The molecule has 5 heteroatoms. The lowest BCUT2D eigenvalue weighted by molar-refractivity contribution is 0.0691. The molecule has 0 radical (unpaired) electrons. The third-order valence-corrected chi connectivity index (χ3v) is 5.43. The molecular weight excluding hydrogens is 284 g/mol. The molecule has 2 aromatic rings. The van der Waals surface area contributed by atoms with Crippen molar-refractivity contribution in [2.24, 2.45) is 0 Å². The van der Waals surface area contributed by atoms with Crippen LogP contribution in [0, 0.1) is 0 Å². The van der Waals surface area contributed by atoms with Crippen molar-refractivity contribution in [3.05, 3.63) is 36.0 Å². The van der Waals surface area contributed by atoms with E-state index < -0.39 is 5.97 Å². The monoisotopic (exact) mass is 302 g/mol. The zero-order valence-electron chi connectivity index (χ0n) is 12.1. The fourth-order valence-electron chi connectivity index (χ4n) is 2.74. The Balaban J connectivity index is 2.17. The van der Waals surface area contributed by atoms with Gasteiger partial charge >= 0.3 is 5.97 Å². The standard InChI is InChI=1S/C16H18N2O2S/c1-10-11(2)21-8-7-18(10)15-13-6-4-3-5-12(13)9-14(17-15)16(19)20/h3-6,9-11H,7-8H2,1-2H3,(H,19,20). The van der Waals surface area contributed by atoms with Crippen LogP contribution in [0.2, 0.25) is 0 Å². The van der Waals surface area contributed by atoms with Gasteiger partial charge in [-0.05, 0) is 18.4 Å². The molecule has 1 aliphatic heterocycles. The maximum atomic E-state index is 11.3. The first-order valence-corrected chi connectivity index (χ1v) is 8.14. The zero-order valence-corrected chi connectivity index (χ0v) is 12.9. The fraction of sp³-hybridized carbons (Fsp3) is 0.375. The van der Waals surface area contributed by atoms with Gasteiger partial charge in [0.2, 0.25) is 0 Å². The quantitative estimate of drug-likeness (QED) is 0.922. The van der Waals surface area contributed by atoms with E-state index in [9.17, 15) is 9.90 Å². The third-order valence-electron chi connectivity index (χ3n) is 4.10. The number of aromatic nitrogens is 1. The van der Waals surface area contributed by atoms with Gasteiger partial charge in [0, 0.05) is 29.0 Å². The summed E-state index contributed by atoms with van der Waals surface area (Å²) in [5, 5.41) is 11.8. The minimum atomic E-state index is -0.978. The summed E-state index contributed by atoms with van der Waals surface area (Å²) in [4.78, 5) is 18.0. The number of aromatic carboxylic acids is 1. The van der Waals surface area contributed by atoms with Crippen LogP contribution in [0.1, 0.15) is 24.3 Å². The van der Waals surface area contributed by atoms with Crippen LogP contribution in [0.3, 0.4) is 0 Å². The second kappa shape index (κ2) is 5.56. The fourth-order valence-corrected chi connectivity index (χ4v) is 3.84. The summed E-state index contributed by atoms with van der Waals surface area (Å²) in [6, 6.07) is 9.84. The molecule has 1 fully saturated rings. The van der Waals surface area contributed by atoms with Gasteiger partial charge in [-0.15, -0.1) is 0 Å². The summed E-state index contributed by atoms with van der Waals surface area (Å²) < 4.78 is 0. The molecule has 3 rings (SSSR count). The summed E-state index contributed by atoms with van der Waals surface area (Å²) in [5.74, 6) is 0.859. The summed E-state index contributed by atoms with van der Waals surface area (Å²) >= 11 is 1.95. The Bertz CT molecular complexity index is 689. The largest absolute Gasteiger partial charge is 0.477 e. The maximum Gasteiger partial charge on any atom is 0.354 e. The van der Waals surface area contributed by atoms with Crippen LogP contribution in [-0.2, 0) is 0 Å². The highest BCUT2D eigenvalue weighted by atomic mass is 32.2. The third kappa shape index (κ3) is 2.58. The van der Waals surface area contributed by atoms with Crippen molar-refractivity contribution in [1.82, 2.24) is 4.98 Å². The maximum absolute atomic E-state index is 11.3. The van der Waals surface area contributed by atoms with Gasteiger partial charge in [-0.1, -0.05) is 31.2 Å². The van der Waals surface area contributed by atoms with Crippen molar-refractivity contribution in [2.75, 3.05) is 17.2 Å². The van der Waals surface area contributed by atoms with Gasteiger partial charge in [-0.25, -0.2) is 9.78 Å². The molecule has 2 unspecified atom stereocenters. The lowest BCUT2D eigenvalue weighted by Crippen LogP contribution is -2.45. The summed E-state index contributed by atoms with van der Waals surface area (Å²) in [6.07, 6.45) is 0. The molecule has 21 heavy (non-hydrogen) atoms. The van der Waals surface area contributed by atoms with Gasteiger partial charge in [-0.2, -0.15) is 11.8 Å². The SMILES string of the molecule is CC1SCCN(c2nc(C(=O)O)cc3ccccc23)C1C. The Labute approximate surface area is 128 Å². The molecule has 0 aliphatic carbocycles. The van der Waals surface area contributed by atoms with Crippen LogP contribution in [0.15, 0.2) is 30.3 Å². The Morgan fingerprint density at radius 2 is 2.14 bits per heavy atom. The number of thioether (sulfide) groups is 1. The van der Waals surface area contributed by atoms with E-state index >= 15 is 0 Å². The zero-order chi connectivity index (χ0) is 15.0. The number of rotatable bonds is 2. The van der Waals surface area contributed by atoms with Gasteiger partial charge in [0.25, 0.3) is 0 Å². The molecule has 4 nitrogen and oxygen atoms in total. The van der Waals surface area contributed by atoms with Crippen LogP contribution >= 0.6 is 11.8 Å². The number of hydrogen-bond acceptors (Lipinski definition) is 4. The highest BCUT2D eigenvalue weighted by molar-refractivity contribution is 8.00. The topological polar surface area (TPSA) is 53.4 Å². The average Bonchev–Trinajstić information content (AvgIpc) is 2.49. The number of pyridine rings is 1. The molecule has 110 valence electrons. The second-order valence-corrected chi connectivity index (χ2v) is 6.85. The van der Waals surface area contributed by atoms with Crippen LogP contribution in [-0.4, -0.2) is 39.6 Å². The smallest absolute Gasteiger partial charge is 0.354 e. The minimum absolute atomic E-state index is 0.113. The molecule has 1 N–H and O–H groups in total. The molecular formula is C16H18N2O2S. The normalized spacial score (nSPS) is 22.5. The molecule has 0 amide bonds. The molecule has 1 saturated heterocycles. The first kappa shape index (κ1) is 14.2. The first-order chi connectivity index (χ1) is 10.1. The Kier molecular flexibility index (Phi) is 3.76. The van der Waals surface area contributed by atoms with Gasteiger partial charge in [0.15, 0.2) is 5.69 Å². The molecule has 1 aromatic carbocycles. The van der Waals surface area contributed by atoms with Crippen molar-refractivity contribution < 1.29 is 9.90 Å². The summed E-state index contributed by atoms with van der Waals surface area (Å²) in [7, 11) is 0. The van der Waals surface area contributed by atoms with Gasteiger partial charge < -0.3 is 10.0 Å². The highest BCUT2D eigenvalue weighted by Crippen LogP contribution is 2.32. The van der Waals surface area contributed by atoms with Crippen molar-refractivity contribution in [2.45, 2.75) is 25.1 Å². The molecule has 0 saturated carbocycles. The van der Waals surface area contributed by atoms with E-state index in [0.717, 1.165) is 28.9 Å². The average molecular weight is 302 g/mol. The molecule has 0 spiro atoms. The Hall–Kier alpha value is -1.75. The molecule has 2 heterocycles. The lowest BCUT2D eigenvalue weighted by Gasteiger charge is -2.39. The predicted molar refractivity (Wildman–Crippen MR) is 87.4 cm³/mol. The minimum Gasteiger partial charge on any atom is -0.477 e. The van der Waals surface area contributed by atoms with E-state index in [0.29, 0.717) is 11.3 Å². The number of carboxylic acid groups (broad SMARTS) is 1. The van der Waals surface area contributed by atoms with Crippen LogP contribution < -0.4 is 4.90 Å². The van der Waals surface area contributed by atoms with Crippen molar-refractivity contribution in [1.29, 1.82) is 0 Å². The second-order valence-electron chi connectivity index (χ2n) is 5.37. The van der Waals surface area contributed by atoms with Gasteiger partial charge in [0.1, 0.15) is 5.82 Å². The molecule has 2 atom stereocenters. The van der Waals surface area contributed by atoms with Gasteiger partial charge in [-0.3, -0.25) is 0 Å². The Morgan fingerprint density at radius 3 is 2.90 bits per heavy atom. The van der Waals surface area contributed by atoms with Crippen LogP contribution in [0.25, 0.3) is 10.8 Å². The van der Waals surface area contributed by atoms with E-state index in [1.54, 1.807) is 6.07 Å². The summed E-state index contributed by atoms with van der Waals surface area (Å²) in [6.45, 7) is 5.29. The molecule has 1 aromatic heterocycles.